The first-order valence-electron chi connectivity index (χ1n) is 5.02. The Balaban J connectivity index is 3.09. The molecule has 0 aromatic rings. The lowest BCUT2D eigenvalue weighted by Gasteiger charge is -2.23. The van der Waals surface area contributed by atoms with Gasteiger partial charge < -0.3 is 4.74 Å². The molecule has 0 aromatic carbocycles. The standard InChI is InChI=1S/C12H16F2O/c1-8(2)11(14)12-10(4-5-13)6-9(3)7-15-12/h4-5,9H,6-7H2,1-3H3/b5-4+. The first kappa shape index (κ1) is 12.0. The van der Waals surface area contributed by atoms with Crippen LogP contribution in [0.1, 0.15) is 27.2 Å². The van der Waals surface area contributed by atoms with E-state index in [0.717, 1.165) is 0 Å². The minimum atomic E-state index is -0.380. The van der Waals surface area contributed by atoms with Gasteiger partial charge in [-0.1, -0.05) is 6.92 Å². The van der Waals surface area contributed by atoms with Crippen LogP contribution in [0, 0.1) is 5.92 Å². The molecule has 0 spiro atoms. The molecule has 0 aliphatic carbocycles. The van der Waals surface area contributed by atoms with Crippen LogP contribution < -0.4 is 0 Å². The largest absolute Gasteiger partial charge is 0.490 e. The van der Waals surface area contributed by atoms with Crippen LogP contribution in [-0.4, -0.2) is 6.61 Å². The fraction of sp³-hybridized carbons (Fsp3) is 0.500. The molecule has 0 N–H and O–H groups in total. The molecule has 1 aliphatic rings. The van der Waals surface area contributed by atoms with Crippen molar-refractivity contribution in [2.45, 2.75) is 27.2 Å². The van der Waals surface area contributed by atoms with Crippen LogP contribution in [0.3, 0.4) is 0 Å². The Kier molecular flexibility index (Phi) is 4.06. The van der Waals surface area contributed by atoms with Gasteiger partial charge in [-0.25, -0.2) is 8.78 Å². The van der Waals surface area contributed by atoms with Crippen LogP contribution >= 0.6 is 0 Å². The van der Waals surface area contributed by atoms with E-state index in [1.165, 1.54) is 6.08 Å². The maximum atomic E-state index is 13.7. The third kappa shape index (κ3) is 2.91. The normalized spacial score (nSPS) is 21.8. The fourth-order valence-corrected chi connectivity index (χ4v) is 1.50. The predicted octanol–water partition coefficient (Wildman–Crippen LogP) is 4.04. The van der Waals surface area contributed by atoms with Crippen molar-refractivity contribution < 1.29 is 13.5 Å². The molecule has 15 heavy (non-hydrogen) atoms. The number of hydrogen-bond donors (Lipinski definition) is 0. The molecule has 0 fully saturated rings. The zero-order valence-corrected chi connectivity index (χ0v) is 9.31. The minimum Gasteiger partial charge on any atom is -0.490 e. The first-order valence-corrected chi connectivity index (χ1v) is 5.02. The van der Waals surface area contributed by atoms with Crippen molar-refractivity contribution in [3.8, 4) is 0 Å². The Morgan fingerprint density at radius 3 is 2.67 bits per heavy atom. The Morgan fingerprint density at radius 1 is 1.47 bits per heavy atom. The number of halogens is 2. The van der Waals surface area contributed by atoms with E-state index in [4.69, 9.17) is 4.74 Å². The highest BCUT2D eigenvalue weighted by Gasteiger charge is 2.21. The maximum absolute atomic E-state index is 13.7. The van der Waals surface area contributed by atoms with Crippen molar-refractivity contribution in [3.05, 3.63) is 35.1 Å². The molecule has 0 saturated carbocycles. The zero-order chi connectivity index (χ0) is 11.4. The van der Waals surface area contributed by atoms with E-state index in [9.17, 15) is 8.78 Å². The Labute approximate surface area is 89.1 Å². The summed E-state index contributed by atoms with van der Waals surface area (Å²) in [4.78, 5) is 0. The first-order chi connectivity index (χ1) is 7.06. The molecule has 1 aliphatic heterocycles. The molecule has 0 saturated heterocycles. The summed E-state index contributed by atoms with van der Waals surface area (Å²) in [5.41, 5.74) is 1.14. The van der Waals surface area contributed by atoms with Crippen LogP contribution in [0.15, 0.2) is 35.1 Å². The molecule has 0 aromatic heterocycles. The lowest BCUT2D eigenvalue weighted by molar-refractivity contribution is 0.147. The summed E-state index contributed by atoms with van der Waals surface area (Å²) in [6.45, 7) is 5.81. The highest BCUT2D eigenvalue weighted by Crippen LogP contribution is 2.30. The van der Waals surface area contributed by atoms with Crippen molar-refractivity contribution >= 4 is 0 Å². The van der Waals surface area contributed by atoms with Gasteiger partial charge in [0.1, 0.15) is 0 Å². The van der Waals surface area contributed by atoms with Crippen LogP contribution in [0.25, 0.3) is 0 Å². The molecule has 1 rings (SSSR count). The average Bonchev–Trinajstić information content (AvgIpc) is 2.17. The fourth-order valence-electron chi connectivity index (χ4n) is 1.50. The highest BCUT2D eigenvalue weighted by atomic mass is 19.1. The van der Waals surface area contributed by atoms with Crippen molar-refractivity contribution in [2.24, 2.45) is 5.92 Å². The summed E-state index contributed by atoms with van der Waals surface area (Å²) < 4.78 is 31.1. The summed E-state index contributed by atoms with van der Waals surface area (Å²) in [6, 6.07) is 0. The van der Waals surface area contributed by atoms with Gasteiger partial charge in [-0.3, -0.25) is 0 Å². The molecular formula is C12H16F2O. The number of ether oxygens (including phenoxy) is 1. The number of rotatable bonds is 2. The van der Waals surface area contributed by atoms with E-state index < -0.39 is 0 Å². The third-order valence-electron chi connectivity index (χ3n) is 2.27. The Hall–Kier alpha value is -1.12. The Bertz CT molecular complexity index is 323. The van der Waals surface area contributed by atoms with Crippen molar-refractivity contribution in [2.75, 3.05) is 6.61 Å². The van der Waals surface area contributed by atoms with Gasteiger partial charge in [0.15, 0.2) is 11.6 Å². The lowest BCUT2D eigenvalue weighted by Crippen LogP contribution is -2.15. The van der Waals surface area contributed by atoms with Gasteiger partial charge in [-0.05, 0) is 43.4 Å². The van der Waals surface area contributed by atoms with Gasteiger partial charge >= 0.3 is 0 Å². The summed E-state index contributed by atoms with van der Waals surface area (Å²) in [5.74, 6) is 0.113. The van der Waals surface area contributed by atoms with E-state index in [1.54, 1.807) is 13.8 Å². The van der Waals surface area contributed by atoms with E-state index >= 15 is 0 Å². The molecule has 3 heteroatoms. The highest BCUT2D eigenvalue weighted by molar-refractivity contribution is 5.35. The molecule has 0 bridgehead atoms. The van der Waals surface area contributed by atoms with Crippen molar-refractivity contribution in [1.82, 2.24) is 0 Å². The molecule has 1 atom stereocenters. The van der Waals surface area contributed by atoms with Crippen LogP contribution in [0.4, 0.5) is 8.78 Å². The smallest absolute Gasteiger partial charge is 0.163 e. The van der Waals surface area contributed by atoms with Crippen LogP contribution in [-0.2, 0) is 4.74 Å². The quantitative estimate of drug-likeness (QED) is 0.674. The third-order valence-corrected chi connectivity index (χ3v) is 2.27. The van der Waals surface area contributed by atoms with Gasteiger partial charge in [0.2, 0.25) is 0 Å². The SMILES string of the molecule is CC(C)=C(F)C1=C(/C=C/F)CC(C)CO1. The van der Waals surface area contributed by atoms with Gasteiger partial charge in [-0.2, -0.15) is 0 Å². The molecule has 0 amide bonds. The van der Waals surface area contributed by atoms with Crippen molar-refractivity contribution in [1.29, 1.82) is 0 Å². The zero-order valence-electron chi connectivity index (χ0n) is 9.31. The summed E-state index contributed by atoms with van der Waals surface area (Å²) >= 11 is 0. The summed E-state index contributed by atoms with van der Waals surface area (Å²) in [5, 5.41) is 0. The van der Waals surface area contributed by atoms with E-state index in [0.29, 0.717) is 36.4 Å². The van der Waals surface area contributed by atoms with Gasteiger partial charge in [0, 0.05) is 0 Å². The van der Waals surface area contributed by atoms with E-state index in [1.807, 2.05) is 6.92 Å². The monoisotopic (exact) mass is 214 g/mol. The number of allylic oxidation sites excluding steroid dienone is 4. The van der Waals surface area contributed by atoms with Gasteiger partial charge in [-0.15, -0.1) is 0 Å². The van der Waals surface area contributed by atoms with Gasteiger partial charge in [0.05, 0.1) is 12.9 Å². The summed E-state index contributed by atoms with van der Waals surface area (Å²) in [6.07, 6.45) is 2.35. The second kappa shape index (κ2) is 5.10. The molecule has 84 valence electrons. The number of hydrogen-bond acceptors (Lipinski definition) is 1. The molecular weight excluding hydrogens is 198 g/mol. The maximum Gasteiger partial charge on any atom is 0.163 e. The molecule has 1 nitrogen and oxygen atoms in total. The summed E-state index contributed by atoms with van der Waals surface area (Å²) in [7, 11) is 0. The van der Waals surface area contributed by atoms with Gasteiger partial charge in [0.25, 0.3) is 0 Å². The molecule has 1 unspecified atom stereocenters. The minimum absolute atomic E-state index is 0.196. The van der Waals surface area contributed by atoms with Crippen LogP contribution in [0.2, 0.25) is 0 Å². The second-order valence-electron chi connectivity index (χ2n) is 4.08. The molecule has 0 radical (unpaired) electrons. The molecule has 1 heterocycles. The predicted molar refractivity (Wildman–Crippen MR) is 56.5 cm³/mol. The lowest BCUT2D eigenvalue weighted by atomic mass is 9.97. The topological polar surface area (TPSA) is 9.23 Å². The van der Waals surface area contributed by atoms with E-state index in [2.05, 4.69) is 0 Å². The average molecular weight is 214 g/mol. The van der Waals surface area contributed by atoms with Crippen molar-refractivity contribution in [3.63, 3.8) is 0 Å². The van der Waals surface area contributed by atoms with Crippen LogP contribution in [0.5, 0.6) is 0 Å². The Morgan fingerprint density at radius 2 is 2.13 bits per heavy atom. The van der Waals surface area contributed by atoms with E-state index in [-0.39, 0.29) is 11.6 Å². The second-order valence-corrected chi connectivity index (χ2v) is 4.08.